The fourth-order valence-corrected chi connectivity index (χ4v) is 3.54. The quantitative estimate of drug-likeness (QED) is 0.584. The van der Waals surface area contributed by atoms with Gasteiger partial charge in [0.2, 0.25) is 5.95 Å². The molecule has 0 bridgehead atoms. The minimum Gasteiger partial charge on any atom is -0.361 e. The Hall–Kier alpha value is -3.34. The Labute approximate surface area is 151 Å². The lowest BCUT2D eigenvalue weighted by Crippen LogP contribution is -2.31. The number of H-pyrrole nitrogens is 1. The number of hydrogen-bond donors (Lipinski definition) is 2. The van der Waals surface area contributed by atoms with Crippen LogP contribution in [0, 0.1) is 0 Å². The van der Waals surface area contributed by atoms with Gasteiger partial charge in [-0.15, -0.1) is 0 Å². The van der Waals surface area contributed by atoms with Crippen LogP contribution in [-0.2, 0) is 13.0 Å². The maximum Gasteiger partial charge on any atom is 0.229 e. The molecule has 128 valence electrons. The van der Waals surface area contributed by atoms with E-state index in [0.29, 0.717) is 5.95 Å². The molecule has 0 spiro atoms. The normalized spacial score (nSPS) is 13.6. The highest BCUT2D eigenvalue weighted by Gasteiger charge is 2.17. The zero-order valence-electron chi connectivity index (χ0n) is 14.3. The number of anilines is 3. The zero-order chi connectivity index (χ0) is 17.3. The van der Waals surface area contributed by atoms with Crippen molar-refractivity contribution in [2.45, 2.75) is 13.0 Å². The zero-order valence-corrected chi connectivity index (χ0v) is 14.3. The Morgan fingerprint density at radius 3 is 2.88 bits per heavy atom. The maximum absolute atomic E-state index is 4.73. The summed E-state index contributed by atoms with van der Waals surface area (Å²) in [6.45, 7) is 1.87. The summed E-state index contributed by atoms with van der Waals surface area (Å²) in [5.41, 5.74) is 4.93. The minimum absolute atomic E-state index is 0.622. The monoisotopic (exact) mass is 341 g/mol. The number of nitrogens with zero attached hydrogens (tertiary/aromatic N) is 3. The third-order valence-corrected chi connectivity index (χ3v) is 4.90. The number of rotatable bonds is 3. The molecular formula is C21H19N5. The molecule has 0 amide bonds. The standard InChI is InChI=1S/C21H19N5/c1-2-4-17-14-26(12-9-15(17)3-1)20-8-11-23-21(25-20)24-18-5-6-19-16(13-18)7-10-22-19/h1-8,10-11,13,22H,9,12,14H2,(H,23,24,25). The summed E-state index contributed by atoms with van der Waals surface area (Å²) >= 11 is 0. The molecule has 0 aliphatic carbocycles. The topological polar surface area (TPSA) is 56.8 Å². The van der Waals surface area contributed by atoms with E-state index in [2.05, 4.69) is 62.6 Å². The molecule has 0 radical (unpaired) electrons. The second kappa shape index (κ2) is 6.19. The summed E-state index contributed by atoms with van der Waals surface area (Å²) < 4.78 is 0. The summed E-state index contributed by atoms with van der Waals surface area (Å²) in [4.78, 5) is 14.6. The summed E-state index contributed by atoms with van der Waals surface area (Å²) in [7, 11) is 0. The van der Waals surface area contributed by atoms with Crippen LogP contribution in [0.15, 0.2) is 67.0 Å². The van der Waals surface area contributed by atoms with Crippen molar-refractivity contribution in [1.82, 2.24) is 15.0 Å². The Kier molecular flexibility index (Phi) is 3.56. The Balaban J connectivity index is 1.39. The van der Waals surface area contributed by atoms with Crippen LogP contribution in [0.5, 0.6) is 0 Å². The van der Waals surface area contributed by atoms with Gasteiger partial charge < -0.3 is 15.2 Å². The minimum atomic E-state index is 0.622. The lowest BCUT2D eigenvalue weighted by atomic mass is 10.00. The third-order valence-electron chi connectivity index (χ3n) is 4.90. The lowest BCUT2D eigenvalue weighted by molar-refractivity contribution is 0.720. The molecule has 5 nitrogen and oxygen atoms in total. The average Bonchev–Trinajstić information content (AvgIpc) is 3.16. The van der Waals surface area contributed by atoms with E-state index in [9.17, 15) is 0 Å². The lowest BCUT2D eigenvalue weighted by Gasteiger charge is -2.29. The summed E-state index contributed by atoms with van der Waals surface area (Å²) in [6.07, 6.45) is 4.81. The Bertz CT molecular complexity index is 1070. The molecule has 0 saturated carbocycles. The van der Waals surface area contributed by atoms with Crippen molar-refractivity contribution in [3.8, 4) is 0 Å². The number of nitrogens with one attached hydrogen (secondary N) is 2. The number of aromatic amines is 1. The number of hydrogen-bond acceptors (Lipinski definition) is 4. The average molecular weight is 341 g/mol. The van der Waals surface area contributed by atoms with E-state index in [4.69, 9.17) is 4.98 Å². The van der Waals surface area contributed by atoms with Gasteiger partial charge in [0.05, 0.1) is 0 Å². The second-order valence-electron chi connectivity index (χ2n) is 6.58. The molecule has 1 aliphatic heterocycles. The smallest absolute Gasteiger partial charge is 0.229 e. The predicted octanol–water partition coefficient (Wildman–Crippen LogP) is 4.26. The molecule has 5 rings (SSSR count). The maximum atomic E-state index is 4.73. The van der Waals surface area contributed by atoms with E-state index >= 15 is 0 Å². The predicted molar refractivity (Wildman–Crippen MR) is 105 cm³/mol. The van der Waals surface area contributed by atoms with Crippen molar-refractivity contribution in [1.29, 1.82) is 0 Å². The van der Waals surface area contributed by atoms with Gasteiger partial charge in [0.25, 0.3) is 0 Å². The molecule has 2 N–H and O–H groups in total. The van der Waals surface area contributed by atoms with Crippen molar-refractivity contribution in [2.24, 2.45) is 0 Å². The molecular weight excluding hydrogens is 322 g/mol. The molecule has 2 aromatic carbocycles. The van der Waals surface area contributed by atoms with Gasteiger partial charge in [0.1, 0.15) is 5.82 Å². The van der Waals surface area contributed by atoms with Crippen LogP contribution in [0.25, 0.3) is 10.9 Å². The van der Waals surface area contributed by atoms with E-state index < -0.39 is 0 Å². The van der Waals surface area contributed by atoms with Gasteiger partial charge in [-0.2, -0.15) is 4.98 Å². The van der Waals surface area contributed by atoms with E-state index in [-0.39, 0.29) is 0 Å². The van der Waals surface area contributed by atoms with Crippen LogP contribution >= 0.6 is 0 Å². The van der Waals surface area contributed by atoms with E-state index in [0.717, 1.165) is 36.5 Å². The number of benzene rings is 2. The van der Waals surface area contributed by atoms with Crippen LogP contribution in [0.2, 0.25) is 0 Å². The molecule has 4 aromatic rings. The molecule has 1 aliphatic rings. The molecule has 0 atom stereocenters. The highest BCUT2D eigenvalue weighted by Crippen LogP contribution is 2.25. The van der Waals surface area contributed by atoms with Crippen LogP contribution in [-0.4, -0.2) is 21.5 Å². The molecule has 2 aromatic heterocycles. The van der Waals surface area contributed by atoms with E-state index in [1.54, 1.807) is 0 Å². The van der Waals surface area contributed by atoms with Crippen molar-refractivity contribution in [3.05, 3.63) is 78.1 Å². The van der Waals surface area contributed by atoms with Crippen LogP contribution < -0.4 is 10.2 Å². The largest absolute Gasteiger partial charge is 0.361 e. The van der Waals surface area contributed by atoms with Crippen molar-refractivity contribution < 1.29 is 0 Å². The SMILES string of the molecule is c1ccc2c(c1)CCN(c1ccnc(Nc3ccc4[nH]ccc4c3)n1)C2. The molecule has 26 heavy (non-hydrogen) atoms. The molecule has 0 saturated heterocycles. The van der Waals surface area contributed by atoms with Crippen molar-refractivity contribution in [3.63, 3.8) is 0 Å². The Morgan fingerprint density at radius 1 is 1.00 bits per heavy atom. The summed E-state index contributed by atoms with van der Waals surface area (Å²) in [6, 6.07) is 18.9. The van der Waals surface area contributed by atoms with Gasteiger partial charge in [0.15, 0.2) is 0 Å². The first kappa shape index (κ1) is 15.0. The van der Waals surface area contributed by atoms with Gasteiger partial charge >= 0.3 is 0 Å². The van der Waals surface area contributed by atoms with Crippen molar-refractivity contribution >= 4 is 28.4 Å². The van der Waals surface area contributed by atoms with Gasteiger partial charge in [-0.05, 0) is 47.9 Å². The second-order valence-corrected chi connectivity index (χ2v) is 6.58. The first-order valence-corrected chi connectivity index (χ1v) is 8.84. The van der Waals surface area contributed by atoms with Gasteiger partial charge in [-0.1, -0.05) is 24.3 Å². The first-order chi connectivity index (χ1) is 12.8. The van der Waals surface area contributed by atoms with Gasteiger partial charge in [-0.3, -0.25) is 0 Å². The highest BCUT2D eigenvalue weighted by atomic mass is 15.2. The Morgan fingerprint density at radius 2 is 1.92 bits per heavy atom. The first-order valence-electron chi connectivity index (χ1n) is 8.84. The molecule has 5 heteroatoms. The summed E-state index contributed by atoms with van der Waals surface area (Å²) in [5.74, 6) is 1.58. The summed E-state index contributed by atoms with van der Waals surface area (Å²) in [5, 5.41) is 4.49. The van der Waals surface area contributed by atoms with E-state index in [1.165, 1.54) is 16.5 Å². The molecule has 0 unspecified atom stereocenters. The van der Waals surface area contributed by atoms with E-state index in [1.807, 2.05) is 24.5 Å². The van der Waals surface area contributed by atoms with Crippen LogP contribution in [0.4, 0.5) is 17.5 Å². The van der Waals surface area contributed by atoms with Crippen LogP contribution in [0.1, 0.15) is 11.1 Å². The number of aromatic nitrogens is 3. The number of fused-ring (bicyclic) bond motifs is 2. The van der Waals surface area contributed by atoms with Crippen molar-refractivity contribution in [2.75, 3.05) is 16.8 Å². The van der Waals surface area contributed by atoms with Crippen LogP contribution in [0.3, 0.4) is 0 Å². The highest BCUT2D eigenvalue weighted by molar-refractivity contribution is 5.83. The fourth-order valence-electron chi connectivity index (χ4n) is 3.54. The molecule has 3 heterocycles. The fraction of sp³-hybridized carbons (Fsp3) is 0.143. The molecule has 0 fully saturated rings. The third kappa shape index (κ3) is 2.77. The van der Waals surface area contributed by atoms with Gasteiger partial charge in [0, 0.05) is 42.1 Å². The van der Waals surface area contributed by atoms with Gasteiger partial charge in [-0.25, -0.2) is 4.98 Å².